The number of methoxy groups -OCH3 is 1. The Balaban J connectivity index is 1.84. The number of hydrogen-bond acceptors (Lipinski definition) is 4. The van der Waals surface area contributed by atoms with Crippen LogP contribution in [0.1, 0.15) is 13.0 Å². The zero-order chi connectivity index (χ0) is 19.4. The molecule has 0 fully saturated rings. The first-order chi connectivity index (χ1) is 13.0. The van der Waals surface area contributed by atoms with Crippen molar-refractivity contribution >= 4 is 23.2 Å². The summed E-state index contributed by atoms with van der Waals surface area (Å²) in [4.78, 5) is 24.8. The number of anilines is 1. The van der Waals surface area contributed by atoms with Crippen LogP contribution in [0.25, 0.3) is 11.3 Å². The van der Waals surface area contributed by atoms with Gasteiger partial charge in [-0.15, -0.1) is 0 Å². The highest BCUT2D eigenvalue weighted by Gasteiger charge is 2.18. The first-order valence-electron chi connectivity index (χ1n) is 8.29. The summed E-state index contributed by atoms with van der Waals surface area (Å²) < 4.78 is 6.26. The summed E-state index contributed by atoms with van der Waals surface area (Å²) in [7, 11) is 1.51. The molecule has 1 unspecified atom stereocenters. The third-order valence-corrected chi connectivity index (χ3v) is 4.36. The van der Waals surface area contributed by atoms with Gasteiger partial charge in [-0.2, -0.15) is 5.10 Å². The second-order valence-corrected chi connectivity index (χ2v) is 6.29. The lowest BCUT2D eigenvalue weighted by Gasteiger charge is -2.15. The maximum absolute atomic E-state index is 12.6. The number of carbonyl (C=O) groups excluding carboxylic acids is 1. The standard InChI is InChI=1S/C20H18ClN3O3/c1-13(20(26)22-15-8-10-18(27-2)16(21)12-15)24-19(25)11-9-17(23-24)14-6-4-3-5-7-14/h3-13H,1-2H3,(H,22,26). The van der Waals surface area contributed by atoms with Crippen LogP contribution in [0.15, 0.2) is 65.5 Å². The Hall–Kier alpha value is -3.12. The fraction of sp³-hybridized carbons (Fsp3) is 0.150. The third-order valence-electron chi connectivity index (χ3n) is 4.06. The largest absolute Gasteiger partial charge is 0.495 e. The topological polar surface area (TPSA) is 73.2 Å². The summed E-state index contributed by atoms with van der Waals surface area (Å²) in [5, 5.41) is 7.47. The van der Waals surface area contributed by atoms with Crippen LogP contribution in [0.3, 0.4) is 0 Å². The smallest absolute Gasteiger partial charge is 0.267 e. The van der Waals surface area contributed by atoms with Gasteiger partial charge in [-0.05, 0) is 31.2 Å². The summed E-state index contributed by atoms with van der Waals surface area (Å²) in [5.41, 5.74) is 1.62. The predicted octanol–water partition coefficient (Wildman–Crippen LogP) is 3.77. The Labute approximate surface area is 161 Å². The molecule has 6 nitrogen and oxygen atoms in total. The lowest BCUT2D eigenvalue weighted by molar-refractivity contribution is -0.119. The van der Waals surface area contributed by atoms with Gasteiger partial charge in [0, 0.05) is 17.3 Å². The second kappa shape index (κ2) is 8.05. The van der Waals surface area contributed by atoms with Gasteiger partial charge < -0.3 is 10.1 Å². The molecule has 0 radical (unpaired) electrons. The van der Waals surface area contributed by atoms with E-state index in [4.69, 9.17) is 16.3 Å². The predicted molar refractivity (Wildman–Crippen MR) is 105 cm³/mol. The molecule has 0 aliphatic carbocycles. The van der Waals surface area contributed by atoms with Crippen molar-refractivity contribution < 1.29 is 9.53 Å². The van der Waals surface area contributed by atoms with Gasteiger partial charge in [-0.1, -0.05) is 41.9 Å². The molecule has 27 heavy (non-hydrogen) atoms. The molecule has 1 heterocycles. The molecule has 1 aromatic heterocycles. The quantitative estimate of drug-likeness (QED) is 0.727. The number of nitrogens with one attached hydrogen (secondary N) is 1. The fourth-order valence-electron chi connectivity index (χ4n) is 2.57. The molecular weight excluding hydrogens is 366 g/mol. The molecule has 0 spiro atoms. The van der Waals surface area contributed by atoms with Crippen molar-refractivity contribution in [3.63, 3.8) is 0 Å². The molecule has 7 heteroatoms. The molecule has 2 aromatic carbocycles. The van der Waals surface area contributed by atoms with Crippen molar-refractivity contribution in [2.24, 2.45) is 0 Å². The number of hydrogen-bond donors (Lipinski definition) is 1. The zero-order valence-electron chi connectivity index (χ0n) is 14.8. The van der Waals surface area contributed by atoms with E-state index < -0.39 is 6.04 Å². The lowest BCUT2D eigenvalue weighted by Crippen LogP contribution is -2.33. The third kappa shape index (κ3) is 4.17. The van der Waals surface area contributed by atoms with Gasteiger partial charge in [0.25, 0.3) is 5.56 Å². The Kier molecular flexibility index (Phi) is 5.57. The van der Waals surface area contributed by atoms with Crippen molar-refractivity contribution in [3.8, 4) is 17.0 Å². The monoisotopic (exact) mass is 383 g/mol. The van der Waals surface area contributed by atoms with Crippen LogP contribution in [0.4, 0.5) is 5.69 Å². The van der Waals surface area contributed by atoms with Gasteiger partial charge in [-0.25, -0.2) is 4.68 Å². The van der Waals surface area contributed by atoms with Gasteiger partial charge in [0.1, 0.15) is 11.8 Å². The molecule has 0 aliphatic rings. The first-order valence-corrected chi connectivity index (χ1v) is 8.67. The summed E-state index contributed by atoms with van der Waals surface area (Å²) >= 11 is 6.08. The number of nitrogens with zero attached hydrogens (tertiary/aromatic N) is 2. The first kappa shape index (κ1) is 18.7. The van der Waals surface area contributed by atoms with Crippen LogP contribution in [0.2, 0.25) is 5.02 Å². The highest BCUT2D eigenvalue weighted by molar-refractivity contribution is 6.32. The number of halogens is 1. The molecule has 0 aliphatic heterocycles. The Morgan fingerprint density at radius 2 is 1.89 bits per heavy atom. The van der Waals surface area contributed by atoms with Gasteiger partial charge >= 0.3 is 0 Å². The molecule has 1 N–H and O–H groups in total. The lowest BCUT2D eigenvalue weighted by atomic mass is 10.1. The zero-order valence-corrected chi connectivity index (χ0v) is 15.6. The van der Waals surface area contributed by atoms with Gasteiger partial charge in [0.15, 0.2) is 0 Å². The average Bonchev–Trinajstić information content (AvgIpc) is 2.68. The highest BCUT2D eigenvalue weighted by atomic mass is 35.5. The molecule has 0 bridgehead atoms. The molecule has 138 valence electrons. The Morgan fingerprint density at radius 3 is 2.56 bits per heavy atom. The number of benzene rings is 2. The van der Waals surface area contributed by atoms with Crippen LogP contribution in [0, 0.1) is 0 Å². The van der Waals surface area contributed by atoms with Crippen molar-refractivity contribution in [2.45, 2.75) is 13.0 Å². The maximum atomic E-state index is 12.6. The SMILES string of the molecule is COc1ccc(NC(=O)C(C)n2nc(-c3ccccc3)ccc2=O)cc1Cl. The van der Waals surface area contributed by atoms with Gasteiger partial charge in [-0.3, -0.25) is 9.59 Å². The van der Waals surface area contributed by atoms with E-state index in [1.54, 1.807) is 31.2 Å². The molecule has 0 saturated carbocycles. The summed E-state index contributed by atoms with van der Waals surface area (Å²) in [6.45, 7) is 1.61. The summed E-state index contributed by atoms with van der Waals surface area (Å²) in [5.74, 6) is 0.132. The number of aromatic nitrogens is 2. The number of rotatable bonds is 5. The van der Waals surface area contributed by atoms with E-state index >= 15 is 0 Å². The second-order valence-electron chi connectivity index (χ2n) is 5.88. The van der Waals surface area contributed by atoms with Crippen molar-refractivity contribution in [1.29, 1.82) is 0 Å². The molecule has 3 rings (SSSR count). The van der Waals surface area contributed by atoms with Crippen LogP contribution in [-0.4, -0.2) is 22.8 Å². The van der Waals surface area contributed by atoms with E-state index in [1.807, 2.05) is 30.3 Å². The average molecular weight is 384 g/mol. The molecule has 0 saturated heterocycles. The fourth-order valence-corrected chi connectivity index (χ4v) is 2.83. The van der Waals surface area contributed by atoms with E-state index in [9.17, 15) is 9.59 Å². The van der Waals surface area contributed by atoms with Crippen molar-refractivity contribution in [1.82, 2.24) is 9.78 Å². The highest BCUT2D eigenvalue weighted by Crippen LogP contribution is 2.27. The van der Waals surface area contributed by atoms with Crippen LogP contribution >= 0.6 is 11.6 Å². The normalized spacial score (nSPS) is 11.7. The van der Waals surface area contributed by atoms with Crippen LogP contribution in [0.5, 0.6) is 5.75 Å². The number of amides is 1. The minimum Gasteiger partial charge on any atom is -0.495 e. The van der Waals surface area contributed by atoms with E-state index in [-0.39, 0.29) is 11.5 Å². The number of ether oxygens (including phenoxy) is 1. The Bertz CT molecular complexity index is 1020. The van der Waals surface area contributed by atoms with Crippen LogP contribution in [-0.2, 0) is 4.79 Å². The van der Waals surface area contributed by atoms with E-state index in [2.05, 4.69) is 10.4 Å². The number of carbonyl (C=O) groups is 1. The van der Waals surface area contributed by atoms with E-state index in [0.29, 0.717) is 22.2 Å². The molecule has 3 aromatic rings. The molecular formula is C20H18ClN3O3. The van der Waals surface area contributed by atoms with Crippen LogP contribution < -0.4 is 15.6 Å². The van der Waals surface area contributed by atoms with Gasteiger partial charge in [0.05, 0.1) is 17.8 Å². The van der Waals surface area contributed by atoms with Crippen molar-refractivity contribution in [2.75, 3.05) is 12.4 Å². The molecule has 1 atom stereocenters. The van der Waals surface area contributed by atoms with E-state index in [1.165, 1.54) is 17.9 Å². The minimum atomic E-state index is -0.804. The summed E-state index contributed by atoms with van der Waals surface area (Å²) in [6, 6.07) is 16.6. The molecule has 1 amide bonds. The maximum Gasteiger partial charge on any atom is 0.267 e. The van der Waals surface area contributed by atoms with Crippen molar-refractivity contribution in [3.05, 3.63) is 76.0 Å². The summed E-state index contributed by atoms with van der Waals surface area (Å²) in [6.07, 6.45) is 0. The minimum absolute atomic E-state index is 0.356. The van der Waals surface area contributed by atoms with Gasteiger partial charge in [0.2, 0.25) is 5.91 Å². The Morgan fingerprint density at radius 1 is 1.15 bits per heavy atom. The van der Waals surface area contributed by atoms with E-state index in [0.717, 1.165) is 5.56 Å².